The number of nitrogens with one attached hydrogen (secondary N) is 2. The van der Waals surface area contributed by atoms with Crippen molar-refractivity contribution in [3.63, 3.8) is 0 Å². The van der Waals surface area contributed by atoms with Gasteiger partial charge in [0.15, 0.2) is 0 Å². The zero-order valence-electron chi connectivity index (χ0n) is 16.8. The summed E-state index contributed by atoms with van der Waals surface area (Å²) in [5.41, 5.74) is 8.13. The zero-order valence-corrected chi connectivity index (χ0v) is 17.7. The first-order chi connectivity index (χ1) is 13.1. The number of H-pyrrole nitrogens is 1. The van der Waals surface area contributed by atoms with E-state index in [1.165, 1.54) is 58.0 Å². The van der Waals surface area contributed by atoms with E-state index in [1.807, 2.05) is 0 Å². The molecule has 0 saturated heterocycles. The molecule has 3 aromatic rings. The molecular formula is C24H32N2S. The van der Waals surface area contributed by atoms with Crippen LogP contribution in [0.3, 0.4) is 0 Å². The third kappa shape index (κ3) is 4.77. The standard InChI is InChI=1S/C24H32N2S/c1-4-5-9-23(20-8-6-7-19(15-20)11-13-27)26-16-22-17(2)14-18(3)24-21(22)10-12-25-24/h6-8,10,12,14-15,23,25-27H,4-5,9,11,13,16H2,1-3H3. The topological polar surface area (TPSA) is 27.8 Å². The Balaban J connectivity index is 1.84. The van der Waals surface area contributed by atoms with Gasteiger partial charge in [-0.2, -0.15) is 12.6 Å². The highest BCUT2D eigenvalue weighted by Crippen LogP contribution is 2.27. The van der Waals surface area contributed by atoms with Crippen LogP contribution in [0.4, 0.5) is 0 Å². The van der Waals surface area contributed by atoms with Crippen molar-refractivity contribution in [3.8, 4) is 0 Å². The summed E-state index contributed by atoms with van der Waals surface area (Å²) in [7, 11) is 0. The summed E-state index contributed by atoms with van der Waals surface area (Å²) in [5.74, 6) is 0.893. The highest BCUT2D eigenvalue weighted by Gasteiger charge is 2.14. The Morgan fingerprint density at radius 2 is 1.96 bits per heavy atom. The summed E-state index contributed by atoms with van der Waals surface area (Å²) in [5, 5.41) is 5.21. The molecule has 3 rings (SSSR count). The van der Waals surface area contributed by atoms with Crippen molar-refractivity contribution < 1.29 is 0 Å². The molecule has 0 radical (unpaired) electrons. The average Bonchev–Trinajstić information content (AvgIpc) is 3.14. The second kappa shape index (κ2) is 9.48. The number of unbranched alkanes of at least 4 members (excludes halogenated alkanes) is 1. The van der Waals surface area contributed by atoms with E-state index in [-0.39, 0.29) is 0 Å². The van der Waals surface area contributed by atoms with Crippen LogP contribution in [-0.4, -0.2) is 10.7 Å². The lowest BCUT2D eigenvalue weighted by Gasteiger charge is -2.21. The predicted octanol–water partition coefficient (Wildman–Crippen LogP) is 6.28. The summed E-state index contributed by atoms with van der Waals surface area (Å²) in [6, 6.07) is 13.9. The molecule has 0 saturated carbocycles. The fourth-order valence-corrected chi connectivity index (χ4v) is 4.25. The lowest BCUT2D eigenvalue weighted by Crippen LogP contribution is -2.22. The van der Waals surface area contributed by atoms with Crippen molar-refractivity contribution in [2.24, 2.45) is 0 Å². The molecule has 144 valence electrons. The Bertz CT molecular complexity index is 881. The van der Waals surface area contributed by atoms with E-state index < -0.39 is 0 Å². The Morgan fingerprint density at radius 1 is 1.11 bits per heavy atom. The molecule has 2 aromatic carbocycles. The molecule has 0 aliphatic rings. The van der Waals surface area contributed by atoms with Gasteiger partial charge >= 0.3 is 0 Å². The van der Waals surface area contributed by atoms with Crippen molar-refractivity contribution in [1.82, 2.24) is 10.3 Å². The van der Waals surface area contributed by atoms with Gasteiger partial charge in [0.1, 0.15) is 0 Å². The Morgan fingerprint density at radius 3 is 2.74 bits per heavy atom. The van der Waals surface area contributed by atoms with Gasteiger partial charge in [0.25, 0.3) is 0 Å². The molecule has 1 unspecified atom stereocenters. The Kier molecular flexibility index (Phi) is 7.03. The van der Waals surface area contributed by atoms with Crippen molar-refractivity contribution in [3.05, 3.63) is 70.4 Å². The monoisotopic (exact) mass is 380 g/mol. The minimum Gasteiger partial charge on any atom is -0.361 e. The summed E-state index contributed by atoms with van der Waals surface area (Å²) in [6.07, 6.45) is 6.71. The van der Waals surface area contributed by atoms with Gasteiger partial charge in [0.05, 0.1) is 0 Å². The van der Waals surface area contributed by atoms with Crippen LogP contribution in [0.5, 0.6) is 0 Å². The number of hydrogen-bond donors (Lipinski definition) is 3. The summed E-state index contributed by atoms with van der Waals surface area (Å²) in [6.45, 7) is 7.57. The Hall–Kier alpha value is -1.71. The van der Waals surface area contributed by atoms with Crippen LogP contribution in [0, 0.1) is 13.8 Å². The van der Waals surface area contributed by atoms with Crippen LogP contribution in [0.1, 0.15) is 60.0 Å². The molecule has 1 atom stereocenters. The van der Waals surface area contributed by atoms with Crippen LogP contribution >= 0.6 is 12.6 Å². The number of thiol groups is 1. The van der Waals surface area contributed by atoms with Gasteiger partial charge < -0.3 is 10.3 Å². The number of aryl methyl sites for hydroxylation is 3. The fraction of sp³-hybridized carbons (Fsp3) is 0.417. The fourth-order valence-electron chi connectivity index (χ4n) is 3.99. The molecule has 27 heavy (non-hydrogen) atoms. The number of benzene rings is 2. The van der Waals surface area contributed by atoms with Gasteiger partial charge in [-0.05, 0) is 66.3 Å². The molecule has 0 bridgehead atoms. The van der Waals surface area contributed by atoms with Crippen molar-refractivity contribution in [2.45, 2.75) is 59.0 Å². The number of aromatic nitrogens is 1. The van der Waals surface area contributed by atoms with Gasteiger partial charge in [-0.3, -0.25) is 0 Å². The first-order valence-corrected chi connectivity index (χ1v) is 10.8. The van der Waals surface area contributed by atoms with Gasteiger partial charge in [-0.25, -0.2) is 0 Å². The SMILES string of the molecule is CCCCC(NCc1c(C)cc(C)c2[nH]ccc12)c1cccc(CCS)c1. The number of aromatic amines is 1. The van der Waals surface area contributed by atoms with Gasteiger partial charge in [-0.15, -0.1) is 0 Å². The van der Waals surface area contributed by atoms with Crippen LogP contribution < -0.4 is 5.32 Å². The summed E-state index contributed by atoms with van der Waals surface area (Å²) >= 11 is 4.39. The number of rotatable bonds is 9. The smallest absolute Gasteiger partial charge is 0.0487 e. The first-order valence-electron chi connectivity index (χ1n) is 10.1. The van der Waals surface area contributed by atoms with Crippen molar-refractivity contribution in [2.75, 3.05) is 5.75 Å². The molecule has 0 amide bonds. The maximum absolute atomic E-state index is 4.39. The maximum Gasteiger partial charge on any atom is 0.0487 e. The molecule has 2 nitrogen and oxygen atoms in total. The largest absolute Gasteiger partial charge is 0.361 e. The Labute approximate surface area is 169 Å². The van der Waals surface area contributed by atoms with Gasteiger partial charge in [0, 0.05) is 29.7 Å². The van der Waals surface area contributed by atoms with Crippen molar-refractivity contribution in [1.29, 1.82) is 0 Å². The molecule has 0 spiro atoms. The van der Waals surface area contributed by atoms with Gasteiger partial charge in [-0.1, -0.05) is 50.1 Å². The molecule has 0 aliphatic carbocycles. The maximum atomic E-state index is 4.39. The van der Waals surface area contributed by atoms with E-state index in [1.54, 1.807) is 0 Å². The van der Waals surface area contributed by atoms with E-state index in [0.717, 1.165) is 18.7 Å². The number of hydrogen-bond acceptors (Lipinski definition) is 2. The van der Waals surface area contributed by atoms with E-state index in [2.05, 4.69) is 86.3 Å². The summed E-state index contributed by atoms with van der Waals surface area (Å²) in [4.78, 5) is 3.40. The second-order valence-corrected chi connectivity index (χ2v) is 8.00. The molecule has 2 N–H and O–H groups in total. The average molecular weight is 381 g/mol. The van der Waals surface area contributed by atoms with Gasteiger partial charge in [0.2, 0.25) is 0 Å². The van der Waals surface area contributed by atoms with Crippen LogP contribution in [0.25, 0.3) is 10.9 Å². The zero-order chi connectivity index (χ0) is 19.2. The highest BCUT2D eigenvalue weighted by molar-refractivity contribution is 7.80. The molecule has 1 aromatic heterocycles. The predicted molar refractivity (Wildman–Crippen MR) is 121 cm³/mol. The second-order valence-electron chi connectivity index (χ2n) is 7.55. The third-order valence-electron chi connectivity index (χ3n) is 5.50. The van der Waals surface area contributed by atoms with E-state index in [0.29, 0.717) is 6.04 Å². The molecule has 3 heteroatoms. The van der Waals surface area contributed by atoms with Crippen LogP contribution in [0.15, 0.2) is 42.6 Å². The molecule has 0 aliphatic heterocycles. The molecular weight excluding hydrogens is 348 g/mol. The molecule has 0 fully saturated rings. The van der Waals surface area contributed by atoms with Crippen LogP contribution in [-0.2, 0) is 13.0 Å². The summed E-state index contributed by atoms with van der Waals surface area (Å²) < 4.78 is 0. The van der Waals surface area contributed by atoms with Crippen LogP contribution in [0.2, 0.25) is 0 Å². The van der Waals surface area contributed by atoms with E-state index in [4.69, 9.17) is 0 Å². The van der Waals surface area contributed by atoms with E-state index in [9.17, 15) is 0 Å². The highest BCUT2D eigenvalue weighted by atomic mass is 32.1. The lowest BCUT2D eigenvalue weighted by atomic mass is 9.96. The minimum atomic E-state index is 0.388. The van der Waals surface area contributed by atoms with E-state index >= 15 is 0 Å². The third-order valence-corrected chi connectivity index (χ3v) is 5.72. The molecule has 1 heterocycles. The normalized spacial score (nSPS) is 12.6. The lowest BCUT2D eigenvalue weighted by molar-refractivity contribution is 0.480. The quantitative estimate of drug-likeness (QED) is 0.375. The number of fused-ring (bicyclic) bond motifs is 1. The van der Waals surface area contributed by atoms with Crippen molar-refractivity contribution >= 4 is 23.5 Å². The minimum absolute atomic E-state index is 0.388. The first kappa shape index (κ1) is 20.0.